The molecule has 0 spiro atoms. The highest BCUT2D eigenvalue weighted by atomic mass is 16.4. The van der Waals surface area contributed by atoms with E-state index in [9.17, 15) is 9.59 Å². The van der Waals surface area contributed by atoms with Gasteiger partial charge in [0, 0.05) is 18.9 Å². The highest BCUT2D eigenvalue weighted by Gasteiger charge is 2.11. The first-order valence-electron chi connectivity index (χ1n) is 12.5. The van der Waals surface area contributed by atoms with Crippen molar-refractivity contribution in [2.24, 2.45) is 0 Å². The Bertz CT molecular complexity index is 558. The Morgan fingerprint density at radius 2 is 1.22 bits per heavy atom. The van der Waals surface area contributed by atoms with Crippen molar-refractivity contribution in [1.29, 1.82) is 0 Å². The van der Waals surface area contributed by atoms with Gasteiger partial charge < -0.3 is 15.1 Å². The number of rotatable bonds is 18. The lowest BCUT2D eigenvalue weighted by atomic mass is 9.98. The minimum atomic E-state index is -0.870. The van der Waals surface area contributed by atoms with E-state index in [1.165, 1.54) is 76.2 Å². The molecule has 1 atom stereocenters. The summed E-state index contributed by atoms with van der Waals surface area (Å²) in [7, 11) is 4.45. The Hall–Kier alpha value is -1.88. The van der Waals surface area contributed by atoms with Gasteiger partial charge in [-0.25, -0.2) is 0 Å². The largest absolute Gasteiger partial charge is 0.481 e. The van der Waals surface area contributed by atoms with E-state index in [0.717, 1.165) is 0 Å². The van der Waals surface area contributed by atoms with Gasteiger partial charge in [0.2, 0.25) is 0 Å². The first-order valence-corrected chi connectivity index (χ1v) is 12.5. The molecule has 5 heteroatoms. The van der Waals surface area contributed by atoms with Crippen LogP contribution in [-0.2, 0) is 16.0 Å². The Morgan fingerprint density at radius 3 is 1.66 bits per heavy atom. The second kappa shape index (κ2) is 21.0. The number of hydrogen-bond donors (Lipinski definition) is 2. The molecule has 0 aliphatic rings. The van der Waals surface area contributed by atoms with Gasteiger partial charge in [-0.15, -0.1) is 0 Å². The lowest BCUT2D eigenvalue weighted by Gasteiger charge is -2.24. The van der Waals surface area contributed by atoms with E-state index in [0.29, 0.717) is 18.9 Å². The molecule has 1 aromatic rings. The number of unbranched alkanes of at least 4 members (excludes halogenated alkanes) is 9. The molecule has 2 N–H and O–H groups in total. The zero-order chi connectivity index (χ0) is 24.0. The molecule has 0 amide bonds. The molecule has 0 heterocycles. The Balaban J connectivity index is 0.000000809. The van der Waals surface area contributed by atoms with E-state index in [1.54, 1.807) is 0 Å². The smallest absolute Gasteiger partial charge is 0.303 e. The fraction of sp³-hybridized carbons (Fsp3) is 0.704. The van der Waals surface area contributed by atoms with Crippen LogP contribution in [0.25, 0.3) is 0 Å². The molecule has 0 aliphatic heterocycles. The van der Waals surface area contributed by atoms with E-state index in [-0.39, 0.29) is 12.8 Å². The number of carbonyl (C=O) groups is 2. The standard InChI is InChI=1S/C21H37N.C6H10O4/c1-4-5-6-7-8-9-10-11-15-18-21(22(2)3)19-20-16-13-12-14-17-20;7-5(8)3-1-2-4-6(9)10/h12-14,16-17,21H,4-11,15,18-19H2,1-3H3;1-4H2,(H,7,8)(H,9,10). The van der Waals surface area contributed by atoms with E-state index in [1.807, 2.05) is 0 Å². The van der Waals surface area contributed by atoms with Crippen molar-refractivity contribution in [2.75, 3.05) is 14.1 Å². The number of nitrogens with zero attached hydrogens (tertiary/aromatic N) is 1. The third-order valence-corrected chi connectivity index (χ3v) is 5.72. The third-order valence-electron chi connectivity index (χ3n) is 5.72. The highest BCUT2D eigenvalue weighted by molar-refractivity contribution is 5.67. The van der Waals surface area contributed by atoms with Gasteiger partial charge >= 0.3 is 11.9 Å². The quantitative estimate of drug-likeness (QED) is 0.241. The van der Waals surface area contributed by atoms with Crippen LogP contribution in [0, 0.1) is 0 Å². The highest BCUT2D eigenvalue weighted by Crippen LogP contribution is 2.15. The van der Waals surface area contributed by atoms with Crippen LogP contribution in [0.4, 0.5) is 0 Å². The van der Waals surface area contributed by atoms with Crippen LogP contribution in [0.2, 0.25) is 0 Å². The molecular formula is C27H47NO4. The van der Waals surface area contributed by atoms with Gasteiger partial charge in [-0.1, -0.05) is 95.0 Å². The molecule has 1 aromatic carbocycles. The fourth-order valence-corrected chi connectivity index (χ4v) is 3.67. The minimum Gasteiger partial charge on any atom is -0.481 e. The molecule has 5 nitrogen and oxygen atoms in total. The summed E-state index contributed by atoms with van der Waals surface area (Å²) in [5.74, 6) is -1.74. The SMILES string of the molecule is CCCCCCCCCCCC(Cc1ccccc1)N(C)C.O=C(O)CCCCC(=O)O. The number of benzene rings is 1. The maximum atomic E-state index is 9.90. The molecule has 0 aromatic heterocycles. The van der Waals surface area contributed by atoms with Gasteiger partial charge in [0.1, 0.15) is 0 Å². The lowest BCUT2D eigenvalue weighted by molar-refractivity contribution is -0.139. The molecule has 1 unspecified atom stereocenters. The minimum absolute atomic E-state index is 0.0628. The maximum Gasteiger partial charge on any atom is 0.303 e. The summed E-state index contributed by atoms with van der Waals surface area (Å²) in [5.41, 5.74) is 1.47. The molecule has 0 fully saturated rings. The summed E-state index contributed by atoms with van der Waals surface area (Å²) in [4.78, 5) is 22.2. The first-order chi connectivity index (χ1) is 15.4. The van der Waals surface area contributed by atoms with Crippen molar-refractivity contribution in [3.63, 3.8) is 0 Å². The van der Waals surface area contributed by atoms with Gasteiger partial charge in [0.15, 0.2) is 0 Å². The molecule has 32 heavy (non-hydrogen) atoms. The molecule has 0 radical (unpaired) electrons. The number of aliphatic carboxylic acids is 2. The van der Waals surface area contributed by atoms with Crippen molar-refractivity contribution >= 4 is 11.9 Å². The summed E-state index contributed by atoms with van der Waals surface area (Å²) >= 11 is 0. The van der Waals surface area contributed by atoms with E-state index in [4.69, 9.17) is 10.2 Å². The first kappa shape index (κ1) is 30.1. The number of likely N-dealkylation sites (N-methyl/N-ethyl adjacent to an activating group) is 1. The van der Waals surface area contributed by atoms with Gasteiger partial charge in [-0.05, 0) is 45.3 Å². The van der Waals surface area contributed by atoms with Gasteiger partial charge in [0.25, 0.3) is 0 Å². The number of carboxylic acids is 2. The normalized spacial score (nSPS) is 11.6. The Morgan fingerprint density at radius 1 is 0.750 bits per heavy atom. The number of hydrogen-bond acceptors (Lipinski definition) is 3. The van der Waals surface area contributed by atoms with Crippen molar-refractivity contribution in [3.8, 4) is 0 Å². The summed E-state index contributed by atoms with van der Waals surface area (Å²) in [5, 5.41) is 16.3. The topological polar surface area (TPSA) is 77.8 Å². The van der Waals surface area contributed by atoms with Gasteiger partial charge in [0.05, 0.1) is 0 Å². The van der Waals surface area contributed by atoms with Crippen LogP contribution in [-0.4, -0.2) is 47.2 Å². The maximum absolute atomic E-state index is 9.90. The molecular weight excluding hydrogens is 402 g/mol. The van der Waals surface area contributed by atoms with Crippen LogP contribution in [0.15, 0.2) is 30.3 Å². The molecule has 0 saturated carbocycles. The van der Waals surface area contributed by atoms with E-state index >= 15 is 0 Å². The predicted molar refractivity (Wildman–Crippen MR) is 133 cm³/mol. The summed E-state index contributed by atoms with van der Waals surface area (Å²) < 4.78 is 0. The summed E-state index contributed by atoms with van der Waals surface area (Å²) in [6.45, 7) is 2.29. The van der Waals surface area contributed by atoms with E-state index in [2.05, 4.69) is 56.3 Å². The van der Waals surface area contributed by atoms with Crippen LogP contribution < -0.4 is 0 Å². The van der Waals surface area contributed by atoms with Crippen molar-refractivity contribution in [1.82, 2.24) is 4.90 Å². The second-order valence-corrected chi connectivity index (χ2v) is 8.92. The molecule has 0 saturated heterocycles. The zero-order valence-corrected chi connectivity index (χ0v) is 20.7. The molecule has 0 bridgehead atoms. The summed E-state index contributed by atoms with van der Waals surface area (Å²) in [6, 6.07) is 11.6. The molecule has 184 valence electrons. The average Bonchev–Trinajstić information content (AvgIpc) is 2.75. The van der Waals surface area contributed by atoms with E-state index < -0.39 is 11.9 Å². The van der Waals surface area contributed by atoms with Gasteiger partial charge in [-0.2, -0.15) is 0 Å². The van der Waals surface area contributed by atoms with Crippen molar-refractivity contribution < 1.29 is 19.8 Å². The average molecular weight is 450 g/mol. The van der Waals surface area contributed by atoms with Gasteiger partial charge in [-0.3, -0.25) is 9.59 Å². The third kappa shape index (κ3) is 20.0. The fourth-order valence-electron chi connectivity index (χ4n) is 3.67. The van der Waals surface area contributed by atoms with Crippen molar-refractivity contribution in [2.45, 2.75) is 109 Å². The number of carboxylic acid groups (broad SMARTS) is 2. The Kier molecular flexibility index (Phi) is 19.8. The Labute approximate surface area is 196 Å². The van der Waals surface area contributed by atoms with Crippen LogP contribution >= 0.6 is 0 Å². The van der Waals surface area contributed by atoms with Crippen LogP contribution in [0.3, 0.4) is 0 Å². The van der Waals surface area contributed by atoms with Crippen LogP contribution in [0.5, 0.6) is 0 Å². The molecule has 0 aliphatic carbocycles. The van der Waals surface area contributed by atoms with Crippen molar-refractivity contribution in [3.05, 3.63) is 35.9 Å². The molecule has 1 rings (SSSR count). The second-order valence-electron chi connectivity index (χ2n) is 8.92. The predicted octanol–water partition coefficient (Wildman–Crippen LogP) is 6.80. The lowest BCUT2D eigenvalue weighted by Crippen LogP contribution is -2.30. The van der Waals surface area contributed by atoms with Crippen LogP contribution in [0.1, 0.15) is 102 Å². The monoisotopic (exact) mass is 449 g/mol. The summed E-state index contributed by atoms with van der Waals surface area (Å²) in [6.07, 6.45) is 16.3. The zero-order valence-electron chi connectivity index (χ0n) is 20.7.